The molecule has 3 nitrogen and oxygen atoms in total. The number of phenolic OH excluding ortho intramolecular Hbond substituents is 1. The van der Waals surface area contributed by atoms with E-state index in [9.17, 15) is 5.11 Å². The molecule has 0 radical (unpaired) electrons. The van der Waals surface area contributed by atoms with Crippen LogP contribution in [0.1, 0.15) is 12.5 Å². The van der Waals surface area contributed by atoms with E-state index in [1.807, 2.05) is 6.92 Å². The van der Waals surface area contributed by atoms with Crippen LogP contribution in [-0.4, -0.2) is 23.4 Å². The molecule has 1 aromatic carbocycles. The molecule has 0 aliphatic heterocycles. The maximum absolute atomic E-state index is 9.66. The summed E-state index contributed by atoms with van der Waals surface area (Å²) in [5, 5.41) is 22.4. The summed E-state index contributed by atoms with van der Waals surface area (Å²) in [6.07, 6.45) is 0. The lowest BCUT2D eigenvalue weighted by atomic mass is 10.1. The Morgan fingerprint density at radius 1 is 1.38 bits per heavy atom. The molecule has 0 saturated carbocycles. The van der Waals surface area contributed by atoms with Crippen LogP contribution in [0.15, 0.2) is 12.1 Å². The van der Waals surface area contributed by atoms with Gasteiger partial charge in [0.1, 0.15) is 5.75 Å². The van der Waals surface area contributed by atoms with Crippen LogP contribution in [0.3, 0.4) is 0 Å². The van der Waals surface area contributed by atoms with E-state index in [1.165, 1.54) is 6.07 Å². The third-order valence-electron chi connectivity index (χ3n) is 2.23. The molecule has 1 unspecified atom stereocenters. The summed E-state index contributed by atoms with van der Waals surface area (Å²) in [6, 6.07) is 3.16. The smallest absolute Gasteiger partial charge is 0.138 e. The minimum atomic E-state index is 0.0511. The maximum atomic E-state index is 9.66. The van der Waals surface area contributed by atoms with Crippen molar-refractivity contribution in [2.75, 3.05) is 13.2 Å². The zero-order valence-corrected chi connectivity index (χ0v) is 10.5. The van der Waals surface area contributed by atoms with Crippen LogP contribution < -0.4 is 5.32 Å². The molecule has 0 spiro atoms. The highest BCUT2D eigenvalue weighted by Crippen LogP contribution is 2.30. The van der Waals surface area contributed by atoms with Crippen LogP contribution in [0, 0.1) is 5.92 Å². The number of aromatic hydroxyl groups is 1. The van der Waals surface area contributed by atoms with E-state index in [4.69, 9.17) is 28.3 Å². The minimum Gasteiger partial charge on any atom is -0.506 e. The Morgan fingerprint density at radius 2 is 2.06 bits per heavy atom. The Morgan fingerprint density at radius 3 is 2.69 bits per heavy atom. The first-order valence-electron chi connectivity index (χ1n) is 5.03. The Hall–Kier alpha value is -0.480. The molecule has 0 aliphatic carbocycles. The normalized spacial score (nSPS) is 12.8. The summed E-state index contributed by atoms with van der Waals surface area (Å²) in [7, 11) is 0. The molecule has 0 aliphatic rings. The molecule has 5 heteroatoms. The second-order valence-corrected chi connectivity index (χ2v) is 4.66. The van der Waals surface area contributed by atoms with E-state index in [0.29, 0.717) is 23.7 Å². The van der Waals surface area contributed by atoms with Crippen molar-refractivity contribution in [3.63, 3.8) is 0 Å². The number of rotatable bonds is 5. The van der Waals surface area contributed by atoms with Crippen LogP contribution in [0.2, 0.25) is 10.0 Å². The lowest BCUT2D eigenvalue weighted by molar-refractivity contribution is 0.233. The molecule has 0 bridgehead atoms. The van der Waals surface area contributed by atoms with Gasteiger partial charge in [-0.3, -0.25) is 0 Å². The lowest BCUT2D eigenvalue weighted by Gasteiger charge is -2.11. The monoisotopic (exact) mass is 263 g/mol. The lowest BCUT2D eigenvalue weighted by Crippen LogP contribution is -2.22. The minimum absolute atomic E-state index is 0.0511. The van der Waals surface area contributed by atoms with E-state index < -0.39 is 0 Å². The number of benzene rings is 1. The topological polar surface area (TPSA) is 52.5 Å². The van der Waals surface area contributed by atoms with E-state index in [0.717, 1.165) is 0 Å². The van der Waals surface area contributed by atoms with Gasteiger partial charge in [0.05, 0.1) is 5.02 Å². The molecule has 1 atom stereocenters. The van der Waals surface area contributed by atoms with Crippen LogP contribution in [0.5, 0.6) is 5.75 Å². The standard InChI is InChI=1S/C11H15Cl2NO2/c1-7(6-15)4-14-5-8-2-9(12)3-10(13)11(8)16/h2-3,7,14-16H,4-6H2,1H3. The fourth-order valence-corrected chi connectivity index (χ4v) is 1.81. The second-order valence-electron chi connectivity index (χ2n) is 3.81. The van der Waals surface area contributed by atoms with Crippen LogP contribution in [0.4, 0.5) is 0 Å². The zero-order chi connectivity index (χ0) is 12.1. The Balaban J connectivity index is 2.60. The first-order valence-corrected chi connectivity index (χ1v) is 5.78. The molecule has 0 amide bonds. The number of hydrogen-bond acceptors (Lipinski definition) is 3. The zero-order valence-electron chi connectivity index (χ0n) is 9.00. The summed E-state index contributed by atoms with van der Waals surface area (Å²) in [4.78, 5) is 0. The van der Waals surface area contributed by atoms with Crippen molar-refractivity contribution in [2.45, 2.75) is 13.5 Å². The highest BCUT2D eigenvalue weighted by molar-refractivity contribution is 6.35. The van der Waals surface area contributed by atoms with Gasteiger partial charge in [-0.15, -0.1) is 0 Å². The van der Waals surface area contributed by atoms with Crippen molar-refractivity contribution in [3.05, 3.63) is 27.7 Å². The van der Waals surface area contributed by atoms with Crippen LogP contribution in [0.25, 0.3) is 0 Å². The van der Waals surface area contributed by atoms with Gasteiger partial charge in [-0.05, 0) is 18.1 Å². The molecule has 0 fully saturated rings. The fourth-order valence-electron chi connectivity index (χ4n) is 1.27. The highest BCUT2D eigenvalue weighted by Gasteiger charge is 2.08. The predicted octanol–water partition coefficient (Wildman–Crippen LogP) is 2.42. The summed E-state index contributed by atoms with van der Waals surface area (Å²) in [5.74, 6) is 0.229. The molecular weight excluding hydrogens is 249 g/mol. The largest absolute Gasteiger partial charge is 0.506 e. The molecule has 1 aromatic rings. The molecule has 3 N–H and O–H groups in total. The third kappa shape index (κ3) is 3.83. The summed E-state index contributed by atoms with van der Waals surface area (Å²) in [6.45, 7) is 3.20. The average molecular weight is 264 g/mol. The van der Waals surface area contributed by atoms with Gasteiger partial charge in [0.25, 0.3) is 0 Å². The van der Waals surface area contributed by atoms with E-state index in [-0.39, 0.29) is 23.3 Å². The molecule has 16 heavy (non-hydrogen) atoms. The molecule has 0 aromatic heterocycles. The number of halogens is 2. The number of nitrogens with one attached hydrogen (secondary N) is 1. The van der Waals surface area contributed by atoms with Crippen molar-refractivity contribution in [2.24, 2.45) is 5.92 Å². The number of phenols is 1. The molecule has 90 valence electrons. The summed E-state index contributed by atoms with van der Waals surface area (Å²) in [5.41, 5.74) is 0.655. The Kier molecular flexibility index (Phi) is 5.35. The van der Waals surface area contributed by atoms with Crippen molar-refractivity contribution >= 4 is 23.2 Å². The molecule has 0 saturated heterocycles. The van der Waals surface area contributed by atoms with Gasteiger partial charge in [-0.25, -0.2) is 0 Å². The molecule has 0 heterocycles. The van der Waals surface area contributed by atoms with E-state index in [1.54, 1.807) is 6.07 Å². The number of hydrogen-bond donors (Lipinski definition) is 3. The van der Waals surface area contributed by atoms with Gasteiger partial charge in [0.15, 0.2) is 0 Å². The summed E-state index contributed by atoms with van der Waals surface area (Å²) >= 11 is 11.6. The Labute approximate surface area is 105 Å². The molecule has 1 rings (SSSR count). The fraction of sp³-hybridized carbons (Fsp3) is 0.455. The highest BCUT2D eigenvalue weighted by atomic mass is 35.5. The first kappa shape index (κ1) is 13.6. The number of aliphatic hydroxyl groups excluding tert-OH is 1. The van der Waals surface area contributed by atoms with Crippen molar-refractivity contribution < 1.29 is 10.2 Å². The average Bonchev–Trinajstić information content (AvgIpc) is 2.24. The van der Waals surface area contributed by atoms with Gasteiger partial charge in [0, 0.05) is 30.3 Å². The predicted molar refractivity (Wildman–Crippen MR) is 66.1 cm³/mol. The number of aliphatic hydroxyl groups is 1. The quantitative estimate of drug-likeness (QED) is 0.765. The van der Waals surface area contributed by atoms with Crippen LogP contribution in [-0.2, 0) is 6.54 Å². The van der Waals surface area contributed by atoms with Crippen LogP contribution >= 0.6 is 23.2 Å². The molecular formula is C11H15Cl2NO2. The van der Waals surface area contributed by atoms with Gasteiger partial charge in [0.2, 0.25) is 0 Å². The van der Waals surface area contributed by atoms with Crippen molar-refractivity contribution in [3.8, 4) is 5.75 Å². The van der Waals surface area contributed by atoms with Crippen molar-refractivity contribution in [1.82, 2.24) is 5.32 Å². The van der Waals surface area contributed by atoms with Gasteiger partial charge >= 0.3 is 0 Å². The second kappa shape index (κ2) is 6.30. The summed E-state index contributed by atoms with van der Waals surface area (Å²) < 4.78 is 0. The van der Waals surface area contributed by atoms with E-state index >= 15 is 0 Å². The van der Waals surface area contributed by atoms with E-state index in [2.05, 4.69) is 5.32 Å². The SMILES string of the molecule is CC(CO)CNCc1cc(Cl)cc(Cl)c1O. The van der Waals surface area contributed by atoms with Gasteiger partial charge < -0.3 is 15.5 Å². The third-order valence-corrected chi connectivity index (χ3v) is 2.73. The van der Waals surface area contributed by atoms with Crippen molar-refractivity contribution in [1.29, 1.82) is 0 Å². The van der Waals surface area contributed by atoms with Gasteiger partial charge in [-0.1, -0.05) is 30.1 Å². The maximum Gasteiger partial charge on any atom is 0.138 e. The van der Waals surface area contributed by atoms with Gasteiger partial charge in [-0.2, -0.15) is 0 Å². The Bertz CT molecular complexity index is 358. The first-order chi connectivity index (χ1) is 7.54.